The molecule has 0 fully saturated rings. The molecular formula is C14H18N4O2. The van der Waals surface area contributed by atoms with E-state index >= 15 is 0 Å². The number of aromatic nitrogens is 4. The number of hydrogen-bond acceptors (Lipinski definition) is 5. The molecule has 0 bridgehead atoms. The smallest absolute Gasteiger partial charge is 0.360 e. The van der Waals surface area contributed by atoms with E-state index < -0.39 is 5.97 Å². The minimum Gasteiger partial charge on any atom is -0.464 e. The lowest BCUT2D eigenvalue weighted by atomic mass is 10.1. The van der Waals surface area contributed by atoms with Gasteiger partial charge in [0.1, 0.15) is 5.69 Å². The van der Waals surface area contributed by atoms with Crippen LogP contribution in [-0.4, -0.2) is 33.1 Å². The van der Waals surface area contributed by atoms with E-state index in [2.05, 4.69) is 29.1 Å². The van der Waals surface area contributed by atoms with Crippen LogP contribution in [-0.2, 0) is 11.3 Å². The van der Waals surface area contributed by atoms with E-state index in [1.54, 1.807) is 17.1 Å². The Balaban J connectivity index is 2.48. The minimum absolute atomic E-state index is 0.238. The second-order valence-corrected chi connectivity index (χ2v) is 4.71. The van der Waals surface area contributed by atoms with E-state index in [9.17, 15) is 4.79 Å². The van der Waals surface area contributed by atoms with Crippen molar-refractivity contribution in [3.8, 4) is 11.3 Å². The summed E-state index contributed by atoms with van der Waals surface area (Å²) in [4.78, 5) is 15.8. The van der Waals surface area contributed by atoms with Crippen LogP contribution in [0.2, 0.25) is 0 Å². The van der Waals surface area contributed by atoms with Crippen molar-refractivity contribution < 1.29 is 9.53 Å². The lowest BCUT2D eigenvalue weighted by Crippen LogP contribution is -2.11. The monoisotopic (exact) mass is 274 g/mol. The van der Waals surface area contributed by atoms with Crippen LogP contribution >= 0.6 is 0 Å². The predicted octanol–water partition coefficient (Wildman–Crippen LogP) is 2.17. The minimum atomic E-state index is -0.479. The Labute approximate surface area is 117 Å². The summed E-state index contributed by atoms with van der Waals surface area (Å²) in [5, 5.41) is 8.06. The van der Waals surface area contributed by atoms with Gasteiger partial charge in [0, 0.05) is 24.5 Å². The van der Waals surface area contributed by atoms with Crippen molar-refractivity contribution in [2.75, 3.05) is 7.11 Å². The molecule has 0 saturated carbocycles. The fourth-order valence-corrected chi connectivity index (χ4v) is 1.89. The van der Waals surface area contributed by atoms with Gasteiger partial charge in [-0.1, -0.05) is 25.5 Å². The largest absolute Gasteiger partial charge is 0.464 e. The number of carbonyl (C=O) groups is 1. The first-order valence-electron chi connectivity index (χ1n) is 6.59. The van der Waals surface area contributed by atoms with Crippen molar-refractivity contribution in [2.24, 2.45) is 5.92 Å². The third kappa shape index (κ3) is 2.84. The topological polar surface area (TPSA) is 69.9 Å². The van der Waals surface area contributed by atoms with E-state index in [-0.39, 0.29) is 5.69 Å². The number of nitrogens with zero attached hydrogens (tertiary/aromatic N) is 4. The summed E-state index contributed by atoms with van der Waals surface area (Å²) >= 11 is 0. The molecule has 2 heterocycles. The molecule has 106 valence electrons. The van der Waals surface area contributed by atoms with E-state index in [4.69, 9.17) is 4.74 Å². The van der Waals surface area contributed by atoms with Crippen LogP contribution in [0.5, 0.6) is 0 Å². The first kappa shape index (κ1) is 14.2. The molecule has 0 aliphatic rings. The van der Waals surface area contributed by atoms with Gasteiger partial charge >= 0.3 is 5.97 Å². The van der Waals surface area contributed by atoms with E-state index in [0.717, 1.165) is 12.0 Å². The maximum Gasteiger partial charge on any atom is 0.360 e. The molecule has 2 aromatic rings. The third-order valence-corrected chi connectivity index (χ3v) is 3.25. The molecule has 0 aliphatic heterocycles. The van der Waals surface area contributed by atoms with Crippen molar-refractivity contribution in [1.29, 1.82) is 0 Å². The number of ether oxygens (including phenoxy) is 1. The number of carbonyl (C=O) groups excluding carboxylic acids is 1. The molecule has 20 heavy (non-hydrogen) atoms. The molecule has 6 heteroatoms. The van der Waals surface area contributed by atoms with Gasteiger partial charge < -0.3 is 4.74 Å². The Bertz CT molecular complexity index is 580. The van der Waals surface area contributed by atoms with Gasteiger partial charge in [-0.05, 0) is 18.1 Å². The Hall–Kier alpha value is -2.24. The average Bonchev–Trinajstić information content (AvgIpc) is 2.90. The Morgan fingerprint density at radius 2 is 2.10 bits per heavy atom. The normalized spacial score (nSPS) is 12.2. The predicted molar refractivity (Wildman–Crippen MR) is 74.0 cm³/mol. The van der Waals surface area contributed by atoms with Gasteiger partial charge in [-0.25, -0.2) is 9.48 Å². The third-order valence-electron chi connectivity index (χ3n) is 3.25. The van der Waals surface area contributed by atoms with Gasteiger partial charge in [0.2, 0.25) is 0 Å². The van der Waals surface area contributed by atoms with Gasteiger partial charge in [-0.2, -0.15) is 0 Å². The number of pyridine rings is 1. The molecule has 0 saturated heterocycles. The van der Waals surface area contributed by atoms with Crippen molar-refractivity contribution in [2.45, 2.75) is 26.8 Å². The highest BCUT2D eigenvalue weighted by molar-refractivity contribution is 5.93. The van der Waals surface area contributed by atoms with Gasteiger partial charge in [0.25, 0.3) is 0 Å². The molecule has 0 aromatic carbocycles. The van der Waals surface area contributed by atoms with Crippen molar-refractivity contribution >= 4 is 5.97 Å². The number of hydrogen-bond donors (Lipinski definition) is 0. The quantitative estimate of drug-likeness (QED) is 0.781. The number of rotatable bonds is 5. The molecule has 0 N–H and O–H groups in total. The SMILES string of the molecule is CCC(C)Cn1nnc(C(=O)OC)c1-c1ccncc1. The van der Waals surface area contributed by atoms with E-state index in [1.165, 1.54) is 7.11 Å². The van der Waals surface area contributed by atoms with Crippen LogP contribution in [0.1, 0.15) is 30.8 Å². The first-order valence-corrected chi connectivity index (χ1v) is 6.59. The van der Waals surface area contributed by atoms with Gasteiger partial charge in [-0.15, -0.1) is 5.10 Å². The second-order valence-electron chi connectivity index (χ2n) is 4.71. The highest BCUT2D eigenvalue weighted by Gasteiger charge is 2.22. The van der Waals surface area contributed by atoms with Crippen LogP contribution in [0.15, 0.2) is 24.5 Å². The maximum atomic E-state index is 11.8. The summed E-state index contributed by atoms with van der Waals surface area (Å²) < 4.78 is 6.53. The highest BCUT2D eigenvalue weighted by Crippen LogP contribution is 2.23. The molecule has 6 nitrogen and oxygen atoms in total. The lowest BCUT2D eigenvalue weighted by molar-refractivity contribution is 0.0595. The van der Waals surface area contributed by atoms with Crippen LogP contribution in [0, 0.1) is 5.92 Å². The summed E-state index contributed by atoms with van der Waals surface area (Å²) in [5.74, 6) is -0.0324. The van der Waals surface area contributed by atoms with Crippen molar-refractivity contribution in [1.82, 2.24) is 20.0 Å². The van der Waals surface area contributed by atoms with Gasteiger partial charge in [0.15, 0.2) is 5.69 Å². The molecule has 2 rings (SSSR count). The molecule has 0 spiro atoms. The second kappa shape index (κ2) is 6.27. The number of esters is 1. The van der Waals surface area contributed by atoms with Crippen LogP contribution in [0.4, 0.5) is 0 Å². The van der Waals surface area contributed by atoms with Crippen LogP contribution < -0.4 is 0 Å². The van der Waals surface area contributed by atoms with Gasteiger partial charge in [-0.3, -0.25) is 4.98 Å². The Morgan fingerprint density at radius 3 is 2.70 bits per heavy atom. The summed E-state index contributed by atoms with van der Waals surface area (Å²) in [5.41, 5.74) is 1.77. The summed E-state index contributed by atoms with van der Waals surface area (Å²) in [6.07, 6.45) is 4.39. The zero-order valence-corrected chi connectivity index (χ0v) is 11.9. The fraction of sp³-hybridized carbons (Fsp3) is 0.429. The molecule has 0 aliphatic carbocycles. The molecule has 1 unspecified atom stereocenters. The summed E-state index contributed by atoms with van der Waals surface area (Å²) in [6.45, 7) is 4.96. The van der Waals surface area contributed by atoms with Crippen molar-refractivity contribution in [3.63, 3.8) is 0 Å². The summed E-state index contributed by atoms with van der Waals surface area (Å²) in [6, 6.07) is 3.66. The lowest BCUT2D eigenvalue weighted by Gasteiger charge is -2.11. The summed E-state index contributed by atoms with van der Waals surface area (Å²) in [7, 11) is 1.34. The van der Waals surface area contributed by atoms with Crippen molar-refractivity contribution in [3.05, 3.63) is 30.2 Å². The maximum absolute atomic E-state index is 11.8. The standard InChI is InChI=1S/C14H18N4O2/c1-4-10(2)9-18-13(11-5-7-15-8-6-11)12(16-17-18)14(19)20-3/h5-8,10H,4,9H2,1-3H3. The highest BCUT2D eigenvalue weighted by atomic mass is 16.5. The average molecular weight is 274 g/mol. The Kier molecular flexibility index (Phi) is 4.45. The molecule has 0 radical (unpaired) electrons. The zero-order chi connectivity index (χ0) is 14.5. The fourth-order valence-electron chi connectivity index (χ4n) is 1.89. The van der Waals surface area contributed by atoms with Crippen LogP contribution in [0.25, 0.3) is 11.3 Å². The van der Waals surface area contributed by atoms with Crippen LogP contribution in [0.3, 0.4) is 0 Å². The zero-order valence-electron chi connectivity index (χ0n) is 11.9. The molecular weight excluding hydrogens is 256 g/mol. The molecule has 1 atom stereocenters. The first-order chi connectivity index (χ1) is 9.67. The van der Waals surface area contributed by atoms with E-state index in [1.807, 2.05) is 12.1 Å². The number of methoxy groups -OCH3 is 1. The molecule has 2 aromatic heterocycles. The van der Waals surface area contributed by atoms with Gasteiger partial charge in [0.05, 0.1) is 7.11 Å². The Morgan fingerprint density at radius 1 is 1.40 bits per heavy atom. The molecule has 0 amide bonds. The van der Waals surface area contributed by atoms with E-state index in [0.29, 0.717) is 18.2 Å².